The van der Waals surface area contributed by atoms with Gasteiger partial charge in [0.25, 0.3) is 5.91 Å². The maximum absolute atomic E-state index is 11.0. The van der Waals surface area contributed by atoms with E-state index in [1.165, 1.54) is 30.9 Å². The van der Waals surface area contributed by atoms with Gasteiger partial charge in [-0.05, 0) is 67.6 Å². The lowest BCUT2D eigenvalue weighted by Gasteiger charge is -2.60. The number of carbonyl (C=O) groups excluding carboxylic acids is 1. The Labute approximate surface area is 148 Å². The molecule has 5 nitrogen and oxygen atoms in total. The Hall–Kier alpha value is -1.69. The van der Waals surface area contributed by atoms with Gasteiger partial charge in [-0.2, -0.15) is 0 Å². The van der Waals surface area contributed by atoms with Gasteiger partial charge in [-0.25, -0.2) is 5.48 Å². The number of hydrogen-bond acceptors (Lipinski definition) is 4. The van der Waals surface area contributed by atoms with Gasteiger partial charge in [0.1, 0.15) is 0 Å². The van der Waals surface area contributed by atoms with Crippen molar-refractivity contribution >= 4 is 12.0 Å². The van der Waals surface area contributed by atoms with Crippen molar-refractivity contribution in [2.75, 3.05) is 0 Å². The summed E-state index contributed by atoms with van der Waals surface area (Å²) in [5.74, 6) is 0.832. The van der Waals surface area contributed by atoms with Crippen LogP contribution in [0.2, 0.25) is 0 Å². The fraction of sp³-hybridized carbons (Fsp3) is 0.550. The number of aliphatic hydroxyl groups is 1. The molecule has 0 spiro atoms. The van der Waals surface area contributed by atoms with Crippen LogP contribution in [0.15, 0.2) is 30.3 Å². The molecule has 0 aromatic heterocycles. The Morgan fingerprint density at radius 3 is 2.44 bits per heavy atom. The monoisotopic (exact) mass is 342 g/mol. The minimum atomic E-state index is -0.537. The molecule has 4 fully saturated rings. The normalized spacial score (nSPS) is 36.1. The molecule has 1 amide bonds. The van der Waals surface area contributed by atoms with Gasteiger partial charge in [0.05, 0.1) is 5.60 Å². The van der Waals surface area contributed by atoms with Crippen molar-refractivity contribution < 1.29 is 15.1 Å². The molecule has 4 aliphatic rings. The summed E-state index contributed by atoms with van der Waals surface area (Å²) in [5.41, 5.74) is 3.37. The Kier molecular flexibility index (Phi) is 4.18. The first kappa shape index (κ1) is 16.8. The van der Waals surface area contributed by atoms with Crippen molar-refractivity contribution in [2.45, 2.75) is 56.2 Å². The standard InChI is InChI=1S/C20H26N2O3/c23-18(22-25)6-5-14-1-3-15(4-2-14)12-21-19-8-16-7-17(9-19)11-20(24,10-16)13-19/h1-6,16-17,21,24-25H,7-13H2,(H,22,23). The van der Waals surface area contributed by atoms with E-state index in [0.717, 1.165) is 31.4 Å². The molecule has 1 aromatic carbocycles. The van der Waals surface area contributed by atoms with Crippen molar-refractivity contribution in [3.05, 3.63) is 41.5 Å². The second-order valence-electron chi connectivity index (χ2n) is 8.37. The van der Waals surface area contributed by atoms with E-state index in [2.05, 4.69) is 17.4 Å². The minimum absolute atomic E-state index is 0.108. The zero-order valence-electron chi connectivity index (χ0n) is 14.4. The van der Waals surface area contributed by atoms with E-state index < -0.39 is 11.5 Å². The zero-order valence-corrected chi connectivity index (χ0v) is 14.4. The Balaban J connectivity index is 1.39. The van der Waals surface area contributed by atoms with Gasteiger partial charge in [-0.15, -0.1) is 0 Å². The largest absolute Gasteiger partial charge is 0.390 e. The van der Waals surface area contributed by atoms with Crippen LogP contribution in [-0.2, 0) is 11.3 Å². The number of rotatable bonds is 5. The molecule has 5 heteroatoms. The lowest BCUT2D eigenvalue weighted by Crippen LogP contribution is -2.64. The van der Waals surface area contributed by atoms with E-state index in [0.29, 0.717) is 11.8 Å². The van der Waals surface area contributed by atoms with Crippen LogP contribution in [-0.4, -0.2) is 27.4 Å². The molecular weight excluding hydrogens is 316 g/mol. The third-order valence-electron chi connectivity index (χ3n) is 6.21. The van der Waals surface area contributed by atoms with Gasteiger partial charge in [-0.1, -0.05) is 24.3 Å². The van der Waals surface area contributed by atoms with Crippen LogP contribution in [0.5, 0.6) is 0 Å². The second kappa shape index (κ2) is 6.24. The summed E-state index contributed by atoms with van der Waals surface area (Å²) < 4.78 is 0. The number of hydrogen-bond donors (Lipinski definition) is 4. The van der Waals surface area contributed by atoms with Crippen LogP contribution < -0.4 is 10.8 Å². The van der Waals surface area contributed by atoms with Crippen LogP contribution >= 0.6 is 0 Å². The molecule has 4 saturated carbocycles. The smallest absolute Gasteiger partial charge is 0.267 e. The highest BCUT2D eigenvalue weighted by Crippen LogP contribution is 2.57. The summed E-state index contributed by atoms with van der Waals surface area (Å²) in [7, 11) is 0. The number of hydroxylamine groups is 1. The average Bonchev–Trinajstić information content (AvgIpc) is 2.56. The summed E-state index contributed by atoms with van der Waals surface area (Å²) in [6.07, 6.45) is 9.54. The molecule has 4 bridgehead atoms. The van der Waals surface area contributed by atoms with Crippen molar-refractivity contribution in [2.24, 2.45) is 11.8 Å². The quantitative estimate of drug-likeness (QED) is 0.376. The minimum Gasteiger partial charge on any atom is -0.390 e. The summed E-state index contributed by atoms with van der Waals surface area (Å²) in [4.78, 5) is 11.0. The second-order valence-corrected chi connectivity index (χ2v) is 8.37. The lowest BCUT2D eigenvalue weighted by atomic mass is 9.51. The van der Waals surface area contributed by atoms with Crippen molar-refractivity contribution in [3.63, 3.8) is 0 Å². The van der Waals surface area contributed by atoms with E-state index in [1.54, 1.807) is 11.6 Å². The van der Waals surface area contributed by atoms with Crippen molar-refractivity contribution in [1.82, 2.24) is 10.8 Å². The molecule has 0 radical (unpaired) electrons. The molecule has 0 heterocycles. The van der Waals surface area contributed by atoms with E-state index in [-0.39, 0.29) is 5.54 Å². The van der Waals surface area contributed by atoms with Gasteiger partial charge in [0, 0.05) is 18.2 Å². The number of carbonyl (C=O) groups is 1. The summed E-state index contributed by atoms with van der Waals surface area (Å²) in [5, 5.41) is 23.1. The highest BCUT2D eigenvalue weighted by Gasteiger charge is 2.56. The SMILES string of the molecule is O=C(C=Cc1ccc(CNC23CC4CC(CC(O)(C4)C2)C3)cc1)NO. The highest BCUT2D eigenvalue weighted by atomic mass is 16.5. The van der Waals surface area contributed by atoms with Crippen LogP contribution in [0.4, 0.5) is 0 Å². The van der Waals surface area contributed by atoms with Crippen LogP contribution in [0.1, 0.15) is 49.7 Å². The molecular formula is C20H26N2O3. The van der Waals surface area contributed by atoms with Crippen molar-refractivity contribution in [1.29, 1.82) is 0 Å². The average molecular weight is 342 g/mol. The van der Waals surface area contributed by atoms with E-state index in [9.17, 15) is 9.90 Å². The molecule has 2 atom stereocenters. The predicted molar refractivity (Wildman–Crippen MR) is 94.6 cm³/mol. The Morgan fingerprint density at radius 2 is 1.84 bits per heavy atom. The topological polar surface area (TPSA) is 81.6 Å². The summed E-state index contributed by atoms with van der Waals surface area (Å²) >= 11 is 0. The van der Waals surface area contributed by atoms with E-state index in [1.807, 2.05) is 12.1 Å². The highest BCUT2D eigenvalue weighted by molar-refractivity contribution is 5.90. The number of nitrogens with one attached hydrogen (secondary N) is 2. The van der Waals surface area contributed by atoms with E-state index >= 15 is 0 Å². The molecule has 0 aliphatic heterocycles. The van der Waals surface area contributed by atoms with Crippen LogP contribution in [0.25, 0.3) is 6.08 Å². The maximum Gasteiger partial charge on any atom is 0.267 e. The zero-order chi connectivity index (χ0) is 17.5. The van der Waals surface area contributed by atoms with Gasteiger partial charge in [0.2, 0.25) is 0 Å². The third kappa shape index (κ3) is 3.50. The molecule has 2 unspecified atom stereocenters. The van der Waals surface area contributed by atoms with Crippen molar-refractivity contribution in [3.8, 4) is 0 Å². The third-order valence-corrected chi connectivity index (χ3v) is 6.21. The van der Waals surface area contributed by atoms with Gasteiger partial charge >= 0.3 is 0 Å². The molecule has 4 aliphatic carbocycles. The molecule has 5 rings (SSSR count). The Morgan fingerprint density at radius 1 is 1.16 bits per heavy atom. The Bertz CT molecular complexity index is 669. The number of benzene rings is 1. The lowest BCUT2D eigenvalue weighted by molar-refractivity contribution is -0.142. The first-order valence-electron chi connectivity index (χ1n) is 9.16. The van der Waals surface area contributed by atoms with Gasteiger partial charge in [0.15, 0.2) is 0 Å². The molecule has 25 heavy (non-hydrogen) atoms. The van der Waals surface area contributed by atoms with E-state index in [4.69, 9.17) is 5.21 Å². The maximum atomic E-state index is 11.0. The fourth-order valence-corrected chi connectivity index (χ4v) is 5.67. The first-order valence-corrected chi connectivity index (χ1v) is 9.16. The molecule has 4 N–H and O–H groups in total. The molecule has 1 aromatic rings. The van der Waals surface area contributed by atoms with Crippen LogP contribution in [0, 0.1) is 11.8 Å². The predicted octanol–water partition coefficient (Wildman–Crippen LogP) is 2.38. The van der Waals surface area contributed by atoms with Crippen LogP contribution in [0.3, 0.4) is 0 Å². The molecule has 134 valence electrons. The summed E-state index contributed by atoms with van der Waals surface area (Å²) in [6, 6.07) is 8.04. The fourth-order valence-electron chi connectivity index (χ4n) is 5.67. The van der Waals surface area contributed by atoms with Gasteiger partial charge in [-0.3, -0.25) is 10.0 Å². The molecule has 0 saturated heterocycles. The number of amides is 1. The van der Waals surface area contributed by atoms with Gasteiger partial charge < -0.3 is 10.4 Å². The summed E-state index contributed by atoms with van der Waals surface area (Å²) in [6.45, 7) is 0.802. The first-order chi connectivity index (χ1) is 12.0.